The van der Waals surface area contributed by atoms with Crippen molar-refractivity contribution < 1.29 is 9.18 Å². The molecular formula is C13H18ClFN2O. The zero-order valence-corrected chi connectivity index (χ0v) is 11.1. The molecule has 18 heavy (non-hydrogen) atoms. The number of carbonyl (C=O) groups excluding carboxylic acids is 1. The first kappa shape index (κ1) is 14.9. The van der Waals surface area contributed by atoms with Crippen LogP contribution in [-0.2, 0) is 0 Å². The second kappa shape index (κ2) is 6.16. The molecule has 1 saturated heterocycles. The summed E-state index contributed by atoms with van der Waals surface area (Å²) < 4.78 is 12.8. The Balaban J connectivity index is 0.00000162. The van der Waals surface area contributed by atoms with Gasteiger partial charge in [-0.2, -0.15) is 0 Å². The van der Waals surface area contributed by atoms with Crippen LogP contribution < -0.4 is 5.73 Å². The summed E-state index contributed by atoms with van der Waals surface area (Å²) in [4.78, 5) is 13.9. The van der Waals surface area contributed by atoms with Crippen LogP contribution in [0.15, 0.2) is 24.3 Å². The molecule has 2 atom stereocenters. The van der Waals surface area contributed by atoms with Crippen LogP contribution in [0, 0.1) is 11.7 Å². The highest BCUT2D eigenvalue weighted by Crippen LogP contribution is 2.20. The van der Waals surface area contributed by atoms with Crippen molar-refractivity contribution in [2.45, 2.75) is 19.4 Å². The average Bonchev–Trinajstić information content (AvgIpc) is 2.78. The Kier molecular flexibility index (Phi) is 5.11. The highest BCUT2D eigenvalue weighted by molar-refractivity contribution is 5.94. The van der Waals surface area contributed by atoms with Gasteiger partial charge in [-0.05, 0) is 43.5 Å². The van der Waals surface area contributed by atoms with Crippen molar-refractivity contribution in [3.8, 4) is 0 Å². The Morgan fingerprint density at radius 3 is 2.56 bits per heavy atom. The molecule has 0 spiro atoms. The summed E-state index contributed by atoms with van der Waals surface area (Å²) in [5, 5.41) is 0. The van der Waals surface area contributed by atoms with E-state index >= 15 is 0 Å². The molecule has 2 unspecified atom stereocenters. The van der Waals surface area contributed by atoms with Crippen LogP contribution in [0.5, 0.6) is 0 Å². The Bertz CT molecular complexity index is 408. The number of nitrogens with zero attached hydrogens (tertiary/aromatic N) is 1. The zero-order valence-electron chi connectivity index (χ0n) is 10.3. The smallest absolute Gasteiger partial charge is 0.253 e. The average molecular weight is 273 g/mol. The van der Waals surface area contributed by atoms with Crippen molar-refractivity contribution in [1.29, 1.82) is 0 Å². The van der Waals surface area contributed by atoms with Gasteiger partial charge in [-0.3, -0.25) is 4.79 Å². The summed E-state index contributed by atoms with van der Waals surface area (Å²) in [5.74, 6) is 0.0176. The van der Waals surface area contributed by atoms with E-state index in [-0.39, 0.29) is 30.2 Å². The number of carbonyl (C=O) groups is 1. The van der Waals surface area contributed by atoms with Gasteiger partial charge in [0.15, 0.2) is 0 Å². The Morgan fingerprint density at radius 1 is 1.44 bits per heavy atom. The molecule has 5 heteroatoms. The van der Waals surface area contributed by atoms with Gasteiger partial charge in [0.25, 0.3) is 5.91 Å². The third kappa shape index (κ3) is 3.21. The molecule has 1 aliphatic rings. The normalized spacial score (nSPS) is 20.4. The zero-order chi connectivity index (χ0) is 12.4. The predicted octanol–water partition coefficient (Wildman–Crippen LogP) is 2.06. The molecular weight excluding hydrogens is 255 g/mol. The van der Waals surface area contributed by atoms with Gasteiger partial charge in [-0.25, -0.2) is 4.39 Å². The number of benzene rings is 1. The molecule has 3 nitrogen and oxygen atoms in total. The lowest BCUT2D eigenvalue weighted by Crippen LogP contribution is -2.32. The first-order chi connectivity index (χ1) is 8.08. The predicted molar refractivity (Wildman–Crippen MR) is 71.3 cm³/mol. The van der Waals surface area contributed by atoms with E-state index in [0.29, 0.717) is 18.0 Å². The van der Waals surface area contributed by atoms with Gasteiger partial charge in [0.05, 0.1) is 0 Å². The number of hydrogen-bond donors (Lipinski definition) is 1. The standard InChI is InChI=1S/C13H17FN2O.ClH/c1-9(15)11-6-7-16(8-11)13(17)10-2-4-12(14)5-3-10;/h2-5,9,11H,6-8,15H2,1H3;1H. The first-order valence-electron chi connectivity index (χ1n) is 5.88. The van der Waals surface area contributed by atoms with Gasteiger partial charge in [-0.15, -0.1) is 12.4 Å². The van der Waals surface area contributed by atoms with E-state index in [1.54, 1.807) is 4.90 Å². The monoisotopic (exact) mass is 272 g/mol. The first-order valence-corrected chi connectivity index (χ1v) is 5.88. The van der Waals surface area contributed by atoms with Crippen LogP contribution in [0.4, 0.5) is 4.39 Å². The van der Waals surface area contributed by atoms with Gasteiger partial charge in [-0.1, -0.05) is 0 Å². The minimum absolute atomic E-state index is 0. The minimum Gasteiger partial charge on any atom is -0.338 e. The van der Waals surface area contributed by atoms with Crippen LogP contribution >= 0.6 is 12.4 Å². The fraction of sp³-hybridized carbons (Fsp3) is 0.462. The van der Waals surface area contributed by atoms with E-state index in [2.05, 4.69) is 0 Å². The molecule has 0 bridgehead atoms. The van der Waals surface area contributed by atoms with Gasteiger partial charge in [0.1, 0.15) is 5.82 Å². The van der Waals surface area contributed by atoms with E-state index in [9.17, 15) is 9.18 Å². The summed E-state index contributed by atoms with van der Waals surface area (Å²) in [6.07, 6.45) is 0.949. The van der Waals surface area contributed by atoms with E-state index in [0.717, 1.165) is 13.0 Å². The number of nitrogens with two attached hydrogens (primary N) is 1. The molecule has 1 fully saturated rings. The third-order valence-electron chi connectivity index (χ3n) is 3.35. The summed E-state index contributed by atoms with van der Waals surface area (Å²) >= 11 is 0. The van der Waals surface area contributed by atoms with E-state index in [1.165, 1.54) is 24.3 Å². The number of halogens is 2. The van der Waals surface area contributed by atoms with E-state index in [4.69, 9.17) is 5.73 Å². The second-order valence-corrected chi connectivity index (χ2v) is 4.67. The Morgan fingerprint density at radius 2 is 2.06 bits per heavy atom. The van der Waals surface area contributed by atoms with Crippen molar-refractivity contribution in [2.24, 2.45) is 11.7 Å². The van der Waals surface area contributed by atoms with E-state index in [1.807, 2.05) is 6.92 Å². The molecule has 0 radical (unpaired) electrons. The van der Waals surface area contributed by atoms with Crippen LogP contribution in [-0.4, -0.2) is 29.9 Å². The van der Waals surface area contributed by atoms with Crippen molar-refractivity contribution in [3.05, 3.63) is 35.6 Å². The molecule has 100 valence electrons. The molecule has 1 heterocycles. The van der Waals surface area contributed by atoms with Crippen LogP contribution in [0.1, 0.15) is 23.7 Å². The fourth-order valence-corrected chi connectivity index (χ4v) is 2.18. The molecule has 2 rings (SSSR count). The molecule has 1 aromatic rings. The lowest BCUT2D eigenvalue weighted by Gasteiger charge is -2.18. The largest absolute Gasteiger partial charge is 0.338 e. The minimum atomic E-state index is -0.323. The number of likely N-dealkylation sites (tertiary alicyclic amines) is 1. The number of amides is 1. The van der Waals surface area contributed by atoms with Crippen molar-refractivity contribution in [1.82, 2.24) is 4.90 Å². The Labute approximate surface area is 113 Å². The number of rotatable bonds is 2. The maximum absolute atomic E-state index is 12.8. The number of hydrogen-bond acceptors (Lipinski definition) is 2. The lowest BCUT2D eigenvalue weighted by atomic mass is 10.0. The van der Waals surface area contributed by atoms with Gasteiger partial charge in [0, 0.05) is 24.7 Å². The van der Waals surface area contributed by atoms with E-state index < -0.39 is 0 Å². The molecule has 0 aliphatic carbocycles. The highest BCUT2D eigenvalue weighted by atomic mass is 35.5. The summed E-state index contributed by atoms with van der Waals surface area (Å²) in [6, 6.07) is 5.79. The van der Waals surface area contributed by atoms with Gasteiger partial charge < -0.3 is 10.6 Å². The molecule has 1 aromatic carbocycles. The molecule has 2 N–H and O–H groups in total. The van der Waals surface area contributed by atoms with Crippen LogP contribution in [0.2, 0.25) is 0 Å². The molecule has 1 aliphatic heterocycles. The summed E-state index contributed by atoms with van der Waals surface area (Å²) in [7, 11) is 0. The second-order valence-electron chi connectivity index (χ2n) is 4.67. The Hall–Kier alpha value is -1.13. The van der Waals surface area contributed by atoms with Crippen molar-refractivity contribution in [2.75, 3.05) is 13.1 Å². The topological polar surface area (TPSA) is 46.3 Å². The lowest BCUT2D eigenvalue weighted by molar-refractivity contribution is 0.0786. The molecule has 0 aromatic heterocycles. The van der Waals surface area contributed by atoms with Crippen molar-refractivity contribution in [3.63, 3.8) is 0 Å². The summed E-state index contributed by atoms with van der Waals surface area (Å²) in [6.45, 7) is 3.41. The van der Waals surface area contributed by atoms with Crippen LogP contribution in [0.3, 0.4) is 0 Å². The quantitative estimate of drug-likeness (QED) is 0.896. The van der Waals surface area contributed by atoms with Gasteiger partial charge >= 0.3 is 0 Å². The summed E-state index contributed by atoms with van der Waals surface area (Å²) in [5.41, 5.74) is 6.37. The van der Waals surface area contributed by atoms with Gasteiger partial charge in [0.2, 0.25) is 0 Å². The fourth-order valence-electron chi connectivity index (χ4n) is 2.18. The van der Waals surface area contributed by atoms with Crippen LogP contribution in [0.25, 0.3) is 0 Å². The maximum Gasteiger partial charge on any atom is 0.253 e. The molecule has 0 saturated carbocycles. The molecule has 1 amide bonds. The van der Waals surface area contributed by atoms with Crippen molar-refractivity contribution >= 4 is 18.3 Å². The third-order valence-corrected chi connectivity index (χ3v) is 3.35. The SMILES string of the molecule is CC(N)C1CCN(C(=O)c2ccc(F)cc2)C1.Cl. The maximum atomic E-state index is 12.8. The highest BCUT2D eigenvalue weighted by Gasteiger charge is 2.28.